The molecule has 0 fully saturated rings. The summed E-state index contributed by atoms with van der Waals surface area (Å²) < 4.78 is 11.8. The third kappa shape index (κ3) is 8.93. The molecule has 0 spiro atoms. The average molecular weight is 747 g/mol. The van der Waals surface area contributed by atoms with Gasteiger partial charge in [-0.1, -0.05) is 107 Å². The van der Waals surface area contributed by atoms with E-state index in [0.29, 0.717) is 37.2 Å². The van der Waals surface area contributed by atoms with Gasteiger partial charge in [0.15, 0.2) is 0 Å². The molecule has 0 atom stereocenters. The number of carbonyl (C=O) groups excluding carboxylic acids is 2. The van der Waals surface area contributed by atoms with E-state index in [1.165, 1.54) is 6.07 Å². The van der Waals surface area contributed by atoms with E-state index in [1.807, 2.05) is 48.5 Å². The molecule has 0 aliphatic carbocycles. The second-order valence-corrected chi connectivity index (χ2v) is 14.9. The van der Waals surface area contributed by atoms with Gasteiger partial charge < -0.3 is 19.7 Å². The zero-order chi connectivity index (χ0) is 40.6. The Balaban J connectivity index is 1.36. The van der Waals surface area contributed by atoms with Gasteiger partial charge >= 0.3 is 11.9 Å². The number of hydrogen-bond donors (Lipinski definition) is 2. The van der Waals surface area contributed by atoms with Crippen LogP contribution in [0.1, 0.15) is 92.9 Å². The molecule has 0 aliphatic rings. The van der Waals surface area contributed by atoms with E-state index in [9.17, 15) is 19.8 Å². The summed E-state index contributed by atoms with van der Waals surface area (Å²) in [6.07, 6.45) is 9.06. The number of benzene rings is 5. The first-order valence-electron chi connectivity index (χ1n) is 18.6. The van der Waals surface area contributed by atoms with Crippen molar-refractivity contribution < 1.29 is 29.3 Å². The molecule has 0 aromatic heterocycles. The second-order valence-electron chi connectivity index (χ2n) is 14.9. The van der Waals surface area contributed by atoms with Crippen LogP contribution in [0.5, 0.6) is 23.0 Å². The second kappa shape index (κ2) is 17.4. The highest BCUT2D eigenvalue weighted by molar-refractivity contribution is 5.97. The molecule has 2 N–H and O–H groups in total. The Morgan fingerprint density at radius 1 is 0.500 bits per heavy atom. The van der Waals surface area contributed by atoms with Crippen molar-refractivity contribution in [2.75, 3.05) is 0 Å². The van der Waals surface area contributed by atoms with Crippen molar-refractivity contribution in [3.63, 3.8) is 0 Å². The summed E-state index contributed by atoms with van der Waals surface area (Å²) in [7, 11) is 0. The van der Waals surface area contributed by atoms with Crippen LogP contribution in [0, 0.1) is 0 Å². The Labute approximate surface area is 330 Å². The third-order valence-corrected chi connectivity index (χ3v) is 10.4. The first-order valence-corrected chi connectivity index (χ1v) is 18.6. The first kappa shape index (κ1) is 40.8. The SMILES string of the molecule is C=CCc1cc(C(C)(C)c2ccc(OC(=O)c3cccc(C(=O)Oc4ccc(C(C)(C)c5ccc(O)c(CC=C)c5)cc4CC=C)c3)c(CC=C)c2)ccc1O. The summed E-state index contributed by atoms with van der Waals surface area (Å²) in [4.78, 5) is 27.1. The topological polar surface area (TPSA) is 93.1 Å². The van der Waals surface area contributed by atoms with Gasteiger partial charge in [-0.2, -0.15) is 0 Å². The van der Waals surface area contributed by atoms with Crippen LogP contribution in [-0.4, -0.2) is 22.2 Å². The van der Waals surface area contributed by atoms with Gasteiger partial charge in [0, 0.05) is 10.8 Å². The lowest BCUT2D eigenvalue weighted by Gasteiger charge is -2.28. The van der Waals surface area contributed by atoms with Crippen molar-refractivity contribution in [2.24, 2.45) is 0 Å². The van der Waals surface area contributed by atoms with Gasteiger partial charge in [0.1, 0.15) is 23.0 Å². The highest BCUT2D eigenvalue weighted by Crippen LogP contribution is 2.38. The molecule has 5 aromatic carbocycles. The van der Waals surface area contributed by atoms with E-state index in [2.05, 4.69) is 54.0 Å². The molecule has 6 heteroatoms. The van der Waals surface area contributed by atoms with Crippen LogP contribution in [-0.2, 0) is 36.5 Å². The van der Waals surface area contributed by atoms with Crippen LogP contribution in [0.2, 0.25) is 0 Å². The number of ether oxygens (including phenoxy) is 2. The number of aromatic hydroxyl groups is 2. The fourth-order valence-corrected chi connectivity index (χ4v) is 6.78. The summed E-state index contributed by atoms with van der Waals surface area (Å²) in [5.41, 5.74) is 6.73. The number of phenols is 2. The lowest BCUT2D eigenvalue weighted by atomic mass is 9.77. The molecule has 6 nitrogen and oxygen atoms in total. The zero-order valence-corrected chi connectivity index (χ0v) is 32.7. The molecule has 0 amide bonds. The lowest BCUT2D eigenvalue weighted by molar-refractivity contribution is 0.0733. The van der Waals surface area contributed by atoms with Crippen LogP contribution in [0.15, 0.2) is 148 Å². The number of hydrogen-bond acceptors (Lipinski definition) is 6. The molecule has 286 valence electrons. The summed E-state index contributed by atoms with van der Waals surface area (Å²) >= 11 is 0. The molecule has 0 saturated heterocycles. The van der Waals surface area contributed by atoms with E-state index in [0.717, 1.165) is 44.5 Å². The minimum Gasteiger partial charge on any atom is -0.508 e. The molecule has 0 unspecified atom stereocenters. The Morgan fingerprint density at radius 3 is 1.18 bits per heavy atom. The van der Waals surface area contributed by atoms with E-state index >= 15 is 0 Å². The Kier molecular flexibility index (Phi) is 12.7. The highest BCUT2D eigenvalue weighted by atomic mass is 16.5. The smallest absolute Gasteiger partial charge is 0.343 e. The summed E-state index contributed by atoms with van der Waals surface area (Å²) in [5.74, 6) is 0.00737. The maximum absolute atomic E-state index is 13.5. The van der Waals surface area contributed by atoms with Gasteiger partial charge in [-0.25, -0.2) is 9.59 Å². The molecular weight excluding hydrogens is 697 g/mol. The van der Waals surface area contributed by atoms with Gasteiger partial charge in [-0.15, -0.1) is 26.3 Å². The first-order chi connectivity index (χ1) is 26.7. The number of allylic oxidation sites excluding steroid dienone is 4. The van der Waals surface area contributed by atoms with E-state index in [4.69, 9.17) is 9.47 Å². The maximum Gasteiger partial charge on any atom is 0.343 e. The van der Waals surface area contributed by atoms with Crippen LogP contribution in [0.25, 0.3) is 0 Å². The monoisotopic (exact) mass is 746 g/mol. The van der Waals surface area contributed by atoms with E-state index in [1.54, 1.807) is 66.8 Å². The molecular formula is C50H50O6. The maximum atomic E-state index is 13.5. The molecule has 0 aliphatic heterocycles. The van der Waals surface area contributed by atoms with Crippen LogP contribution < -0.4 is 9.47 Å². The molecule has 5 aromatic rings. The van der Waals surface area contributed by atoms with Crippen molar-refractivity contribution >= 4 is 11.9 Å². The van der Waals surface area contributed by atoms with Crippen molar-refractivity contribution in [3.8, 4) is 23.0 Å². The van der Waals surface area contributed by atoms with Crippen molar-refractivity contribution in [1.82, 2.24) is 0 Å². The minimum absolute atomic E-state index is 0.195. The Morgan fingerprint density at radius 2 is 0.821 bits per heavy atom. The van der Waals surface area contributed by atoms with E-state index < -0.39 is 22.8 Å². The van der Waals surface area contributed by atoms with Gasteiger partial charge in [0.2, 0.25) is 0 Å². The summed E-state index contributed by atoms with van der Waals surface area (Å²) in [5, 5.41) is 20.6. The van der Waals surface area contributed by atoms with Crippen LogP contribution in [0.4, 0.5) is 0 Å². The molecule has 0 heterocycles. The molecule has 5 rings (SSSR count). The molecule has 0 radical (unpaired) electrons. The normalized spacial score (nSPS) is 11.4. The van der Waals surface area contributed by atoms with Gasteiger partial charge in [0.25, 0.3) is 0 Å². The van der Waals surface area contributed by atoms with Crippen molar-refractivity contribution in [2.45, 2.75) is 64.2 Å². The van der Waals surface area contributed by atoms with Crippen LogP contribution >= 0.6 is 0 Å². The predicted octanol–water partition coefficient (Wildman–Crippen LogP) is 11.1. The highest BCUT2D eigenvalue weighted by Gasteiger charge is 2.27. The fraction of sp³-hybridized carbons (Fsp3) is 0.200. The quantitative estimate of drug-likeness (QED) is 0.0593. The van der Waals surface area contributed by atoms with Crippen molar-refractivity contribution in [1.29, 1.82) is 0 Å². The number of phenolic OH excluding ortho intramolecular Hbond substituents is 2. The van der Waals surface area contributed by atoms with Crippen LogP contribution in [0.3, 0.4) is 0 Å². The largest absolute Gasteiger partial charge is 0.508 e. The third-order valence-electron chi connectivity index (χ3n) is 10.4. The van der Waals surface area contributed by atoms with Gasteiger partial charge in [0.05, 0.1) is 11.1 Å². The van der Waals surface area contributed by atoms with Gasteiger partial charge in [-0.3, -0.25) is 0 Å². The van der Waals surface area contributed by atoms with E-state index in [-0.39, 0.29) is 22.6 Å². The molecule has 56 heavy (non-hydrogen) atoms. The fourth-order valence-electron chi connectivity index (χ4n) is 6.78. The number of carbonyl (C=O) groups is 2. The lowest BCUT2D eigenvalue weighted by Crippen LogP contribution is -2.20. The molecule has 0 saturated carbocycles. The van der Waals surface area contributed by atoms with Gasteiger partial charge in [-0.05, 0) is 113 Å². The Bertz CT molecular complexity index is 2150. The standard InChI is InChI=1S/C50H50O6/c1-9-14-33-29-39(20-24-43(33)51)49(5,6)41-22-26-45(35(31-41)16-11-3)55-47(53)37-18-13-19-38(28-37)48(54)56-46-27-23-42(32-36(46)17-12-4)50(7,8)40-21-25-44(52)34(30-40)15-10-2/h9-13,18-32,51-52H,1-4,14-17H2,5-8H3. The predicted molar refractivity (Wildman–Crippen MR) is 225 cm³/mol. The number of esters is 2. The summed E-state index contributed by atoms with van der Waals surface area (Å²) in [6.45, 7) is 23.8. The zero-order valence-electron chi connectivity index (χ0n) is 32.7. The minimum atomic E-state index is -0.617. The number of rotatable bonds is 16. The average Bonchev–Trinajstić information content (AvgIpc) is 3.18. The van der Waals surface area contributed by atoms with Crippen molar-refractivity contribution in [3.05, 3.63) is 203 Å². The molecule has 0 bridgehead atoms. The summed E-state index contributed by atoms with van der Waals surface area (Å²) in [6, 6.07) is 29.0. The Hall–Kier alpha value is -6.40.